The number of hydrogen-bond donors (Lipinski definition) is 1. The minimum atomic E-state index is 0.730. The molecule has 0 aliphatic carbocycles. The maximum atomic E-state index is 5.94. The van der Waals surface area contributed by atoms with E-state index in [-0.39, 0.29) is 0 Å². The Labute approximate surface area is 114 Å². The molecule has 1 atom stereocenters. The Kier molecular flexibility index (Phi) is 3.88. The van der Waals surface area contributed by atoms with Gasteiger partial charge in [-0.05, 0) is 62.5 Å². The molecule has 1 aromatic carbocycles. The Morgan fingerprint density at radius 2 is 1.78 bits per heavy atom. The molecule has 2 nitrogen and oxygen atoms in total. The molecule has 2 saturated heterocycles. The Balaban J connectivity index is 1.57. The van der Waals surface area contributed by atoms with Gasteiger partial charge in [-0.1, -0.05) is 23.7 Å². The minimum Gasteiger partial charge on any atom is -0.315 e. The van der Waals surface area contributed by atoms with Crippen LogP contribution in [0.5, 0.6) is 0 Å². The average molecular weight is 265 g/mol. The second-order valence-corrected chi connectivity index (χ2v) is 5.94. The number of likely N-dealkylation sites (tertiary alicyclic amines) is 1. The third-order valence-electron chi connectivity index (χ3n) is 4.42. The first-order valence-electron chi connectivity index (χ1n) is 7.03. The SMILES string of the molecule is Clc1ccc(C2CCN(C3CCNC3)CC2)cc1. The third kappa shape index (κ3) is 2.71. The van der Waals surface area contributed by atoms with Crippen LogP contribution in [0.4, 0.5) is 0 Å². The molecular formula is C15H21ClN2. The molecular weight excluding hydrogens is 244 g/mol. The molecule has 2 heterocycles. The summed E-state index contributed by atoms with van der Waals surface area (Å²) in [6.07, 6.45) is 3.90. The van der Waals surface area contributed by atoms with Crippen LogP contribution in [0.1, 0.15) is 30.7 Å². The van der Waals surface area contributed by atoms with Gasteiger partial charge in [0.25, 0.3) is 0 Å². The molecule has 0 spiro atoms. The van der Waals surface area contributed by atoms with Crippen LogP contribution in [-0.4, -0.2) is 37.1 Å². The molecule has 98 valence electrons. The summed E-state index contributed by atoms with van der Waals surface area (Å²) in [4.78, 5) is 2.67. The smallest absolute Gasteiger partial charge is 0.0406 e. The predicted molar refractivity (Wildman–Crippen MR) is 76.3 cm³/mol. The van der Waals surface area contributed by atoms with Crippen LogP contribution < -0.4 is 5.32 Å². The molecule has 0 amide bonds. The van der Waals surface area contributed by atoms with Crippen LogP contribution in [-0.2, 0) is 0 Å². The first-order chi connectivity index (χ1) is 8.83. The zero-order valence-corrected chi connectivity index (χ0v) is 11.5. The van der Waals surface area contributed by atoms with Gasteiger partial charge in [0.05, 0.1) is 0 Å². The van der Waals surface area contributed by atoms with Crippen LogP contribution in [0.2, 0.25) is 5.02 Å². The summed E-state index contributed by atoms with van der Waals surface area (Å²) in [6.45, 7) is 4.88. The first kappa shape index (κ1) is 12.5. The molecule has 1 aromatic rings. The van der Waals surface area contributed by atoms with Gasteiger partial charge in [-0.25, -0.2) is 0 Å². The molecule has 0 saturated carbocycles. The number of piperidine rings is 1. The Hall–Kier alpha value is -0.570. The highest BCUT2D eigenvalue weighted by atomic mass is 35.5. The molecule has 2 aliphatic heterocycles. The molecule has 0 bridgehead atoms. The van der Waals surface area contributed by atoms with E-state index in [2.05, 4.69) is 22.3 Å². The molecule has 1 unspecified atom stereocenters. The fourth-order valence-corrected chi connectivity index (χ4v) is 3.41. The van der Waals surface area contributed by atoms with E-state index in [0.717, 1.165) is 17.0 Å². The molecule has 2 aliphatic rings. The summed E-state index contributed by atoms with van der Waals surface area (Å²) in [6, 6.07) is 9.21. The van der Waals surface area contributed by atoms with Gasteiger partial charge in [0, 0.05) is 17.6 Å². The average Bonchev–Trinajstić information content (AvgIpc) is 2.94. The second kappa shape index (κ2) is 5.60. The lowest BCUT2D eigenvalue weighted by atomic mass is 9.89. The highest BCUT2D eigenvalue weighted by Crippen LogP contribution is 2.30. The van der Waals surface area contributed by atoms with Crippen molar-refractivity contribution in [3.05, 3.63) is 34.9 Å². The van der Waals surface area contributed by atoms with E-state index in [4.69, 9.17) is 11.6 Å². The van der Waals surface area contributed by atoms with Gasteiger partial charge >= 0.3 is 0 Å². The van der Waals surface area contributed by atoms with Crippen LogP contribution in [0.3, 0.4) is 0 Å². The van der Waals surface area contributed by atoms with Crippen molar-refractivity contribution in [1.82, 2.24) is 10.2 Å². The fraction of sp³-hybridized carbons (Fsp3) is 0.600. The number of hydrogen-bond acceptors (Lipinski definition) is 2. The van der Waals surface area contributed by atoms with Gasteiger partial charge in [0.1, 0.15) is 0 Å². The Morgan fingerprint density at radius 3 is 2.39 bits per heavy atom. The van der Waals surface area contributed by atoms with Crippen molar-refractivity contribution < 1.29 is 0 Å². The van der Waals surface area contributed by atoms with Gasteiger partial charge in [0.15, 0.2) is 0 Å². The largest absolute Gasteiger partial charge is 0.315 e. The van der Waals surface area contributed by atoms with Gasteiger partial charge in [-0.15, -0.1) is 0 Å². The molecule has 3 rings (SSSR count). The van der Waals surface area contributed by atoms with E-state index in [9.17, 15) is 0 Å². The van der Waals surface area contributed by atoms with Crippen molar-refractivity contribution in [3.63, 3.8) is 0 Å². The summed E-state index contributed by atoms with van der Waals surface area (Å²) in [5.41, 5.74) is 1.46. The fourth-order valence-electron chi connectivity index (χ4n) is 3.28. The molecule has 0 radical (unpaired) electrons. The highest BCUT2D eigenvalue weighted by Gasteiger charge is 2.27. The van der Waals surface area contributed by atoms with E-state index in [1.165, 1.54) is 51.0 Å². The number of rotatable bonds is 2. The maximum absolute atomic E-state index is 5.94. The van der Waals surface area contributed by atoms with Crippen LogP contribution in [0, 0.1) is 0 Å². The van der Waals surface area contributed by atoms with Crippen LogP contribution >= 0.6 is 11.6 Å². The summed E-state index contributed by atoms with van der Waals surface area (Å²) in [5, 5.41) is 4.30. The maximum Gasteiger partial charge on any atom is 0.0406 e. The number of benzene rings is 1. The zero-order valence-electron chi connectivity index (χ0n) is 10.7. The highest BCUT2D eigenvalue weighted by molar-refractivity contribution is 6.30. The lowest BCUT2D eigenvalue weighted by Gasteiger charge is -2.35. The Bertz CT molecular complexity index is 376. The predicted octanol–water partition coefficient (Wildman–Crippen LogP) is 2.88. The molecule has 18 heavy (non-hydrogen) atoms. The topological polar surface area (TPSA) is 15.3 Å². The monoisotopic (exact) mass is 264 g/mol. The van der Waals surface area contributed by atoms with Gasteiger partial charge in [-0.3, -0.25) is 4.90 Å². The summed E-state index contributed by atoms with van der Waals surface area (Å²) < 4.78 is 0. The lowest BCUT2D eigenvalue weighted by Crippen LogP contribution is -2.42. The number of halogens is 1. The van der Waals surface area contributed by atoms with E-state index in [1.54, 1.807) is 0 Å². The van der Waals surface area contributed by atoms with Crippen molar-refractivity contribution in [2.75, 3.05) is 26.2 Å². The van der Waals surface area contributed by atoms with Gasteiger partial charge in [0.2, 0.25) is 0 Å². The number of nitrogens with one attached hydrogen (secondary N) is 1. The summed E-state index contributed by atoms with van der Waals surface area (Å²) in [7, 11) is 0. The van der Waals surface area contributed by atoms with Crippen molar-refractivity contribution in [2.45, 2.75) is 31.2 Å². The zero-order chi connectivity index (χ0) is 12.4. The molecule has 2 fully saturated rings. The molecule has 1 N–H and O–H groups in total. The molecule has 0 aromatic heterocycles. The van der Waals surface area contributed by atoms with Crippen LogP contribution in [0.15, 0.2) is 24.3 Å². The first-order valence-corrected chi connectivity index (χ1v) is 7.41. The quantitative estimate of drug-likeness (QED) is 0.884. The van der Waals surface area contributed by atoms with Gasteiger partial charge < -0.3 is 5.32 Å². The minimum absolute atomic E-state index is 0.730. The van der Waals surface area contributed by atoms with Gasteiger partial charge in [-0.2, -0.15) is 0 Å². The van der Waals surface area contributed by atoms with Crippen molar-refractivity contribution >= 4 is 11.6 Å². The van der Waals surface area contributed by atoms with Crippen molar-refractivity contribution in [1.29, 1.82) is 0 Å². The molecule has 3 heteroatoms. The third-order valence-corrected chi connectivity index (χ3v) is 4.67. The second-order valence-electron chi connectivity index (χ2n) is 5.51. The summed E-state index contributed by atoms with van der Waals surface area (Å²) in [5.74, 6) is 0.730. The van der Waals surface area contributed by atoms with E-state index >= 15 is 0 Å². The lowest BCUT2D eigenvalue weighted by molar-refractivity contribution is 0.161. The summed E-state index contributed by atoms with van der Waals surface area (Å²) >= 11 is 5.94. The van der Waals surface area contributed by atoms with Crippen molar-refractivity contribution in [2.24, 2.45) is 0 Å². The van der Waals surface area contributed by atoms with Crippen molar-refractivity contribution in [3.8, 4) is 0 Å². The van der Waals surface area contributed by atoms with Crippen LogP contribution in [0.25, 0.3) is 0 Å². The van der Waals surface area contributed by atoms with E-state index in [1.807, 2.05) is 12.1 Å². The number of nitrogens with zero attached hydrogens (tertiary/aromatic N) is 1. The normalized spacial score (nSPS) is 26.6. The Morgan fingerprint density at radius 1 is 1.06 bits per heavy atom. The standard InChI is InChI=1S/C15H21ClN2/c16-14-3-1-12(2-4-14)13-6-9-18(10-7-13)15-5-8-17-11-15/h1-4,13,15,17H,5-11H2. The van der Waals surface area contributed by atoms with E-state index < -0.39 is 0 Å². The van der Waals surface area contributed by atoms with E-state index in [0.29, 0.717) is 0 Å².